The van der Waals surface area contributed by atoms with Crippen LogP contribution < -0.4 is 0 Å². The molecule has 1 aliphatic rings. The van der Waals surface area contributed by atoms with E-state index in [-0.39, 0.29) is 27.5 Å². The Balaban J connectivity index is 2.16. The predicted molar refractivity (Wildman–Crippen MR) is 95.0 cm³/mol. The van der Waals surface area contributed by atoms with E-state index in [1.54, 1.807) is 36.4 Å². The number of ether oxygens (including phenoxy) is 2. The number of carbonyl (C=O) groups is 2. The molecule has 2 aromatic carbocycles. The van der Waals surface area contributed by atoms with Crippen LogP contribution in [-0.4, -0.2) is 30.3 Å². The minimum Gasteiger partial charge on any atom is -0.606 e. The number of hydrogen-bond acceptors (Lipinski definition) is 5. The second kappa shape index (κ2) is 7.03. The molecule has 0 aromatic heterocycles. The largest absolute Gasteiger partial charge is 0.606 e. The minimum absolute atomic E-state index is 0.0893. The van der Waals surface area contributed by atoms with E-state index in [1.807, 2.05) is 0 Å². The molecule has 7 heteroatoms. The highest BCUT2D eigenvalue weighted by atomic mass is 79.9. The zero-order valence-electron chi connectivity index (χ0n) is 13.4. The molecule has 0 radical (unpaired) electrons. The average molecular weight is 421 g/mol. The fourth-order valence-corrected chi connectivity index (χ4v) is 4.10. The number of carbonyl (C=O) groups excluding carboxylic acids is 2. The molecule has 1 aliphatic carbocycles. The molecule has 0 N–H and O–H groups in total. The zero-order valence-corrected chi connectivity index (χ0v) is 15.8. The van der Waals surface area contributed by atoms with Crippen LogP contribution in [0, 0.1) is 0 Å². The van der Waals surface area contributed by atoms with Crippen molar-refractivity contribution in [3.63, 3.8) is 0 Å². The van der Waals surface area contributed by atoms with E-state index in [0.717, 1.165) is 4.47 Å². The minimum atomic E-state index is -1.62. The third kappa shape index (κ3) is 2.99. The van der Waals surface area contributed by atoms with Crippen LogP contribution in [0.4, 0.5) is 0 Å². The molecule has 0 spiro atoms. The molecule has 0 bridgehead atoms. The molecular weight excluding hydrogens is 408 g/mol. The highest BCUT2D eigenvalue weighted by Crippen LogP contribution is 2.34. The van der Waals surface area contributed by atoms with Gasteiger partial charge in [-0.25, -0.2) is 0 Å². The standard InChI is InChI=1S/C18H13BrO5S/c1-23-17-15(20)12-4-3-5-13(14(12)16(21)18(17)24-2)25(22)11-8-6-10(19)7-9-11/h3-9H,1-2H3. The maximum absolute atomic E-state index is 13.0. The van der Waals surface area contributed by atoms with Gasteiger partial charge in [-0.05, 0) is 36.4 Å². The van der Waals surface area contributed by atoms with Gasteiger partial charge >= 0.3 is 0 Å². The van der Waals surface area contributed by atoms with Gasteiger partial charge in [0.05, 0.1) is 19.8 Å². The summed E-state index contributed by atoms with van der Waals surface area (Å²) in [6.45, 7) is 0. The third-order valence-corrected chi connectivity index (χ3v) is 5.72. The Hall–Kier alpha value is -2.09. The Labute approximate surface area is 155 Å². The van der Waals surface area contributed by atoms with Crippen LogP contribution in [0.1, 0.15) is 20.7 Å². The lowest BCUT2D eigenvalue weighted by Crippen LogP contribution is -2.26. The van der Waals surface area contributed by atoms with Crippen LogP contribution in [0.15, 0.2) is 68.2 Å². The SMILES string of the molecule is COC1=C(OC)C(=O)c2c(cccc2[S+]([O-])c2ccc(Br)cc2)C1=O. The Morgan fingerprint density at radius 2 is 1.52 bits per heavy atom. The smallest absolute Gasteiger partial charge is 0.237 e. The number of methoxy groups -OCH3 is 2. The van der Waals surface area contributed by atoms with Crippen molar-refractivity contribution in [3.8, 4) is 0 Å². The summed E-state index contributed by atoms with van der Waals surface area (Å²) < 4.78 is 23.9. The van der Waals surface area contributed by atoms with Crippen molar-refractivity contribution in [2.75, 3.05) is 14.2 Å². The van der Waals surface area contributed by atoms with Crippen LogP contribution >= 0.6 is 15.9 Å². The van der Waals surface area contributed by atoms with Gasteiger partial charge in [0.1, 0.15) is 0 Å². The molecule has 25 heavy (non-hydrogen) atoms. The molecule has 0 aliphatic heterocycles. The molecule has 0 amide bonds. The first-order valence-electron chi connectivity index (χ1n) is 7.21. The monoisotopic (exact) mass is 420 g/mol. The van der Waals surface area contributed by atoms with Crippen molar-refractivity contribution >= 4 is 38.7 Å². The first-order valence-corrected chi connectivity index (χ1v) is 9.16. The average Bonchev–Trinajstić information content (AvgIpc) is 2.63. The van der Waals surface area contributed by atoms with Gasteiger partial charge in [-0.2, -0.15) is 0 Å². The Morgan fingerprint density at radius 1 is 0.920 bits per heavy atom. The molecule has 1 unspecified atom stereocenters. The number of rotatable bonds is 4. The summed E-state index contributed by atoms with van der Waals surface area (Å²) >= 11 is 1.70. The number of fused-ring (bicyclic) bond motifs is 1. The van der Waals surface area contributed by atoms with Gasteiger partial charge in [0.25, 0.3) is 0 Å². The van der Waals surface area contributed by atoms with Crippen LogP contribution in [0.2, 0.25) is 0 Å². The van der Waals surface area contributed by atoms with Crippen molar-refractivity contribution in [1.29, 1.82) is 0 Å². The summed E-state index contributed by atoms with van der Waals surface area (Å²) in [5.41, 5.74) is 0.247. The predicted octanol–water partition coefficient (Wildman–Crippen LogP) is 3.50. The van der Waals surface area contributed by atoms with Crippen LogP contribution in [-0.2, 0) is 20.6 Å². The lowest BCUT2D eigenvalue weighted by Gasteiger charge is -2.21. The van der Waals surface area contributed by atoms with Crippen molar-refractivity contribution < 1.29 is 23.6 Å². The van der Waals surface area contributed by atoms with Crippen molar-refractivity contribution in [1.82, 2.24) is 0 Å². The van der Waals surface area contributed by atoms with Crippen molar-refractivity contribution in [2.24, 2.45) is 0 Å². The maximum atomic E-state index is 13.0. The highest BCUT2D eigenvalue weighted by molar-refractivity contribution is 9.10. The Morgan fingerprint density at radius 3 is 2.12 bits per heavy atom. The van der Waals surface area contributed by atoms with E-state index in [0.29, 0.717) is 4.90 Å². The van der Waals surface area contributed by atoms with E-state index in [1.165, 1.54) is 20.3 Å². The second-order valence-corrected chi connectivity index (χ2v) is 7.49. The van der Waals surface area contributed by atoms with Crippen molar-refractivity contribution in [2.45, 2.75) is 9.79 Å². The molecule has 128 valence electrons. The number of hydrogen-bond donors (Lipinski definition) is 0. The molecule has 5 nitrogen and oxygen atoms in total. The summed E-state index contributed by atoms with van der Waals surface area (Å²) in [4.78, 5) is 26.2. The fourth-order valence-electron chi connectivity index (χ4n) is 2.61. The summed E-state index contributed by atoms with van der Waals surface area (Å²) in [6, 6.07) is 11.6. The van der Waals surface area contributed by atoms with Gasteiger partial charge in [-0.3, -0.25) is 9.59 Å². The number of Topliss-reactive ketones (excluding diaryl/α,β-unsaturated/α-hetero) is 2. The second-order valence-electron chi connectivity index (χ2n) is 5.13. The fraction of sp³-hybridized carbons (Fsp3) is 0.111. The van der Waals surface area contributed by atoms with Crippen LogP contribution in [0.5, 0.6) is 0 Å². The highest BCUT2D eigenvalue weighted by Gasteiger charge is 2.39. The molecule has 3 rings (SSSR count). The molecule has 1 atom stereocenters. The maximum Gasteiger partial charge on any atom is 0.237 e. The van der Waals surface area contributed by atoms with Gasteiger partial charge in [0, 0.05) is 21.2 Å². The quantitative estimate of drug-likeness (QED) is 0.707. The lowest BCUT2D eigenvalue weighted by molar-refractivity contribution is 0.0826. The molecule has 0 heterocycles. The summed E-state index contributed by atoms with van der Waals surface area (Å²) in [5.74, 6) is -1.31. The van der Waals surface area contributed by atoms with Gasteiger partial charge in [0.2, 0.25) is 23.1 Å². The van der Waals surface area contributed by atoms with E-state index in [9.17, 15) is 14.1 Å². The summed E-state index contributed by atoms with van der Waals surface area (Å²) in [5, 5.41) is 0. The molecule has 0 saturated carbocycles. The van der Waals surface area contributed by atoms with Gasteiger partial charge in [0.15, 0.2) is 9.79 Å². The number of allylic oxidation sites excluding steroid dienone is 2. The topological polar surface area (TPSA) is 75.7 Å². The first kappa shape index (κ1) is 17.7. The Bertz CT molecular complexity index is 889. The van der Waals surface area contributed by atoms with Gasteiger partial charge in [-0.15, -0.1) is 0 Å². The van der Waals surface area contributed by atoms with Gasteiger partial charge < -0.3 is 14.0 Å². The first-order chi connectivity index (χ1) is 12.0. The van der Waals surface area contributed by atoms with E-state index < -0.39 is 22.7 Å². The zero-order chi connectivity index (χ0) is 18.1. The van der Waals surface area contributed by atoms with Crippen molar-refractivity contribution in [3.05, 3.63) is 69.6 Å². The number of ketones is 2. The molecule has 0 saturated heterocycles. The number of benzene rings is 2. The molecular formula is C18H13BrO5S. The summed E-state index contributed by atoms with van der Waals surface area (Å²) in [7, 11) is 2.59. The van der Waals surface area contributed by atoms with Crippen LogP contribution in [0.25, 0.3) is 0 Å². The molecule has 2 aromatic rings. The molecule has 0 fully saturated rings. The van der Waals surface area contributed by atoms with Gasteiger partial charge in [-0.1, -0.05) is 22.0 Å². The van der Waals surface area contributed by atoms with E-state index in [2.05, 4.69) is 15.9 Å². The van der Waals surface area contributed by atoms with Crippen LogP contribution in [0.3, 0.4) is 0 Å². The third-order valence-electron chi connectivity index (χ3n) is 3.75. The van der Waals surface area contributed by atoms with E-state index >= 15 is 0 Å². The summed E-state index contributed by atoms with van der Waals surface area (Å²) in [6.07, 6.45) is 0. The lowest BCUT2D eigenvalue weighted by atomic mass is 9.92. The number of halogens is 1. The van der Waals surface area contributed by atoms with E-state index in [4.69, 9.17) is 9.47 Å². The Kier molecular flexibility index (Phi) is 4.99. The normalized spacial score (nSPS) is 15.0.